The second-order valence-electron chi connectivity index (χ2n) is 5.36. The summed E-state index contributed by atoms with van der Waals surface area (Å²) in [5, 5.41) is 8.44. The predicted molar refractivity (Wildman–Crippen MR) is 94.2 cm³/mol. The van der Waals surface area contributed by atoms with Gasteiger partial charge in [0.25, 0.3) is 0 Å². The van der Waals surface area contributed by atoms with Gasteiger partial charge >= 0.3 is 12.1 Å². The fourth-order valence-electron chi connectivity index (χ4n) is 2.66. The van der Waals surface area contributed by atoms with E-state index >= 15 is 0 Å². The van der Waals surface area contributed by atoms with Gasteiger partial charge in [-0.1, -0.05) is 12.1 Å². The first-order valence-electron chi connectivity index (χ1n) is 7.86. The molecule has 1 unspecified atom stereocenters. The molecule has 3 amide bonds. The maximum Gasteiger partial charge on any atom is 0.417 e. The normalized spacial score (nSPS) is 15.1. The maximum atomic E-state index is 12.3. The SMILES string of the molecule is CCNC(=O)NC1Nc2ccc(-c3cccnc3)cc2N1C(=O)OC. The summed E-state index contributed by atoms with van der Waals surface area (Å²) in [6.07, 6.45) is 2.14. The zero-order chi connectivity index (χ0) is 17.8. The van der Waals surface area contributed by atoms with Gasteiger partial charge in [0.1, 0.15) is 0 Å². The molecule has 1 aliphatic heterocycles. The van der Waals surface area contributed by atoms with Crippen molar-refractivity contribution in [2.45, 2.75) is 13.2 Å². The second kappa shape index (κ2) is 7.08. The highest BCUT2D eigenvalue weighted by molar-refractivity contribution is 5.98. The lowest BCUT2D eigenvalue weighted by Crippen LogP contribution is -2.54. The maximum absolute atomic E-state index is 12.3. The highest BCUT2D eigenvalue weighted by Gasteiger charge is 2.35. The lowest BCUT2D eigenvalue weighted by molar-refractivity contribution is 0.176. The molecule has 2 aromatic rings. The van der Waals surface area contributed by atoms with Crippen molar-refractivity contribution in [1.82, 2.24) is 15.6 Å². The average molecular weight is 341 g/mol. The van der Waals surface area contributed by atoms with E-state index in [9.17, 15) is 9.59 Å². The first kappa shape index (κ1) is 16.6. The van der Waals surface area contributed by atoms with Gasteiger partial charge in [-0.3, -0.25) is 4.98 Å². The molecule has 0 fully saturated rings. The number of nitrogens with zero attached hydrogens (tertiary/aromatic N) is 2. The zero-order valence-electron chi connectivity index (χ0n) is 13.9. The standard InChI is InChI=1S/C17H19N5O3/c1-3-19-16(23)21-15-20-13-7-6-11(12-5-4-8-18-10-12)9-14(13)22(15)17(24)25-2/h4-10,15,20H,3H2,1-2H3,(H2,19,21,23). The molecule has 0 radical (unpaired) electrons. The van der Waals surface area contributed by atoms with Gasteiger partial charge in [0.15, 0.2) is 6.29 Å². The molecule has 0 aliphatic carbocycles. The van der Waals surface area contributed by atoms with Crippen LogP contribution < -0.4 is 20.9 Å². The molecule has 8 nitrogen and oxygen atoms in total. The number of carbonyl (C=O) groups is 2. The second-order valence-corrected chi connectivity index (χ2v) is 5.36. The number of fused-ring (bicyclic) bond motifs is 1. The number of aromatic nitrogens is 1. The number of methoxy groups -OCH3 is 1. The van der Waals surface area contributed by atoms with Crippen LogP contribution in [0.3, 0.4) is 0 Å². The summed E-state index contributed by atoms with van der Waals surface area (Å²) in [6.45, 7) is 2.30. The van der Waals surface area contributed by atoms with Gasteiger partial charge in [-0.05, 0) is 30.7 Å². The van der Waals surface area contributed by atoms with Crippen molar-refractivity contribution in [2.75, 3.05) is 23.9 Å². The molecule has 1 aliphatic rings. The zero-order valence-corrected chi connectivity index (χ0v) is 13.9. The number of ether oxygens (including phenoxy) is 1. The Hall–Kier alpha value is -3.29. The van der Waals surface area contributed by atoms with Crippen LogP contribution in [0.15, 0.2) is 42.7 Å². The van der Waals surface area contributed by atoms with Crippen molar-refractivity contribution in [1.29, 1.82) is 0 Å². The number of carbonyl (C=O) groups excluding carboxylic acids is 2. The molecule has 1 aromatic carbocycles. The largest absolute Gasteiger partial charge is 0.452 e. The minimum Gasteiger partial charge on any atom is -0.452 e. The Morgan fingerprint density at radius 3 is 2.84 bits per heavy atom. The van der Waals surface area contributed by atoms with Gasteiger partial charge in [0.2, 0.25) is 0 Å². The number of urea groups is 1. The van der Waals surface area contributed by atoms with E-state index in [0.29, 0.717) is 12.2 Å². The summed E-state index contributed by atoms with van der Waals surface area (Å²) in [5.74, 6) is 0. The molecule has 1 atom stereocenters. The van der Waals surface area contributed by atoms with Crippen molar-refractivity contribution < 1.29 is 14.3 Å². The number of hydrogen-bond donors (Lipinski definition) is 3. The molecule has 2 heterocycles. The Morgan fingerprint density at radius 2 is 2.16 bits per heavy atom. The fraction of sp³-hybridized carbons (Fsp3) is 0.235. The summed E-state index contributed by atoms with van der Waals surface area (Å²) in [7, 11) is 1.30. The van der Waals surface area contributed by atoms with Crippen molar-refractivity contribution >= 4 is 23.5 Å². The minimum atomic E-state index is -0.738. The van der Waals surface area contributed by atoms with Crippen LogP contribution in [0, 0.1) is 0 Å². The number of benzene rings is 1. The molecule has 3 N–H and O–H groups in total. The Labute approximate surface area is 145 Å². The molecule has 8 heteroatoms. The Morgan fingerprint density at radius 1 is 1.32 bits per heavy atom. The van der Waals surface area contributed by atoms with Gasteiger partial charge in [0, 0.05) is 24.5 Å². The molecular formula is C17H19N5O3. The fourth-order valence-corrected chi connectivity index (χ4v) is 2.66. The molecule has 130 valence electrons. The third-order valence-electron chi connectivity index (χ3n) is 3.78. The highest BCUT2D eigenvalue weighted by atomic mass is 16.5. The van der Waals surface area contributed by atoms with Crippen LogP contribution in [0.2, 0.25) is 0 Å². The third-order valence-corrected chi connectivity index (χ3v) is 3.78. The van der Waals surface area contributed by atoms with Gasteiger partial charge in [0.05, 0.1) is 18.5 Å². The van der Waals surface area contributed by atoms with Crippen LogP contribution in [-0.2, 0) is 4.74 Å². The van der Waals surface area contributed by atoms with Crippen LogP contribution in [0.1, 0.15) is 6.92 Å². The van der Waals surface area contributed by atoms with Gasteiger partial charge in [-0.25, -0.2) is 14.5 Å². The predicted octanol–water partition coefficient (Wildman–Crippen LogP) is 2.35. The van der Waals surface area contributed by atoms with E-state index in [4.69, 9.17) is 4.74 Å². The molecule has 0 bridgehead atoms. The van der Waals surface area contributed by atoms with Gasteiger partial charge in [-0.2, -0.15) is 0 Å². The monoisotopic (exact) mass is 341 g/mol. The van der Waals surface area contributed by atoms with E-state index in [1.54, 1.807) is 12.4 Å². The van der Waals surface area contributed by atoms with Crippen molar-refractivity contribution in [3.05, 3.63) is 42.7 Å². The topological polar surface area (TPSA) is 95.6 Å². The quantitative estimate of drug-likeness (QED) is 0.796. The summed E-state index contributed by atoms with van der Waals surface area (Å²) in [5.41, 5.74) is 3.17. The Kier molecular flexibility index (Phi) is 4.69. The van der Waals surface area contributed by atoms with Crippen molar-refractivity contribution in [2.24, 2.45) is 0 Å². The van der Waals surface area contributed by atoms with E-state index in [1.165, 1.54) is 12.0 Å². The van der Waals surface area contributed by atoms with Crippen LogP contribution in [0.25, 0.3) is 11.1 Å². The summed E-state index contributed by atoms with van der Waals surface area (Å²) >= 11 is 0. The number of hydrogen-bond acceptors (Lipinski definition) is 5. The summed E-state index contributed by atoms with van der Waals surface area (Å²) in [6, 6.07) is 9.03. The molecule has 0 saturated carbocycles. The highest BCUT2D eigenvalue weighted by Crippen LogP contribution is 2.37. The molecule has 25 heavy (non-hydrogen) atoms. The smallest absolute Gasteiger partial charge is 0.417 e. The first-order chi connectivity index (χ1) is 12.1. The number of amides is 3. The van der Waals surface area contributed by atoms with E-state index in [-0.39, 0.29) is 6.03 Å². The molecule has 3 rings (SSSR count). The third kappa shape index (κ3) is 3.32. The Bertz CT molecular complexity index is 781. The molecule has 1 aromatic heterocycles. The van der Waals surface area contributed by atoms with E-state index < -0.39 is 12.4 Å². The van der Waals surface area contributed by atoms with Crippen molar-refractivity contribution in [3.63, 3.8) is 0 Å². The van der Waals surface area contributed by atoms with Crippen LogP contribution >= 0.6 is 0 Å². The van der Waals surface area contributed by atoms with Crippen LogP contribution in [0.4, 0.5) is 21.0 Å². The van der Waals surface area contributed by atoms with Crippen molar-refractivity contribution in [3.8, 4) is 11.1 Å². The molecular weight excluding hydrogens is 322 g/mol. The molecule has 0 spiro atoms. The molecule has 0 saturated heterocycles. The number of pyridine rings is 1. The lowest BCUT2D eigenvalue weighted by atomic mass is 10.1. The van der Waals surface area contributed by atoms with Crippen LogP contribution in [0.5, 0.6) is 0 Å². The summed E-state index contributed by atoms with van der Waals surface area (Å²) < 4.78 is 4.87. The number of anilines is 2. The Balaban J connectivity index is 1.94. The van der Waals surface area contributed by atoms with E-state index in [0.717, 1.165) is 16.8 Å². The number of nitrogens with one attached hydrogen (secondary N) is 3. The van der Waals surface area contributed by atoms with Gasteiger partial charge in [-0.15, -0.1) is 0 Å². The number of rotatable bonds is 3. The van der Waals surface area contributed by atoms with E-state index in [1.807, 2.05) is 37.3 Å². The summed E-state index contributed by atoms with van der Waals surface area (Å²) in [4.78, 5) is 29.6. The van der Waals surface area contributed by atoms with E-state index in [2.05, 4.69) is 20.9 Å². The minimum absolute atomic E-state index is 0.380. The average Bonchev–Trinajstić information content (AvgIpc) is 2.98. The lowest BCUT2D eigenvalue weighted by Gasteiger charge is -2.24. The first-order valence-corrected chi connectivity index (χ1v) is 7.86. The van der Waals surface area contributed by atoms with Crippen LogP contribution in [-0.4, -0.2) is 37.1 Å². The van der Waals surface area contributed by atoms with Gasteiger partial charge < -0.3 is 20.7 Å².